The van der Waals surface area contributed by atoms with Gasteiger partial charge in [-0.15, -0.1) is 11.8 Å². The van der Waals surface area contributed by atoms with Gasteiger partial charge in [0.1, 0.15) is 5.60 Å². The summed E-state index contributed by atoms with van der Waals surface area (Å²) in [5.41, 5.74) is 3.14. The predicted molar refractivity (Wildman–Crippen MR) is 179 cm³/mol. The number of hydrogen-bond donors (Lipinski definition) is 2. The number of carbonyl (C=O) groups excluding carboxylic acids is 2. The summed E-state index contributed by atoms with van der Waals surface area (Å²) in [5.74, 6) is -0.988. The van der Waals surface area contributed by atoms with E-state index in [2.05, 4.69) is 4.72 Å². The lowest BCUT2D eigenvalue weighted by atomic mass is 10.0. The maximum absolute atomic E-state index is 13.0. The summed E-state index contributed by atoms with van der Waals surface area (Å²) in [6.45, 7) is 9.87. The van der Waals surface area contributed by atoms with Crippen molar-refractivity contribution in [3.8, 4) is 11.1 Å². The van der Waals surface area contributed by atoms with Crippen LogP contribution in [0.2, 0.25) is 0 Å². The molecule has 0 radical (unpaired) electrons. The van der Waals surface area contributed by atoms with Crippen LogP contribution in [0.1, 0.15) is 62.2 Å². The van der Waals surface area contributed by atoms with Crippen molar-refractivity contribution < 1.29 is 32.6 Å². The Labute approximate surface area is 271 Å². The van der Waals surface area contributed by atoms with Crippen LogP contribution in [-0.2, 0) is 25.9 Å². The summed E-state index contributed by atoms with van der Waals surface area (Å²) >= 11 is 1.48. The largest absolute Gasteiger partial charge is 0.444 e. The Bertz CT molecular complexity index is 1520. The molecule has 45 heavy (non-hydrogen) atoms. The van der Waals surface area contributed by atoms with Crippen molar-refractivity contribution in [1.82, 2.24) is 9.62 Å². The molecular formula is C34H44N2O7S2. The van der Waals surface area contributed by atoms with Gasteiger partial charge in [0.15, 0.2) is 0 Å². The maximum atomic E-state index is 13.0. The first-order valence-electron chi connectivity index (χ1n) is 14.8. The van der Waals surface area contributed by atoms with E-state index in [1.54, 1.807) is 12.1 Å². The molecule has 0 unspecified atom stereocenters. The molecule has 0 aliphatic rings. The van der Waals surface area contributed by atoms with Crippen LogP contribution < -0.4 is 4.72 Å². The fourth-order valence-electron chi connectivity index (χ4n) is 4.38. The van der Waals surface area contributed by atoms with E-state index in [9.17, 15) is 23.1 Å². The minimum atomic E-state index is -3.83. The summed E-state index contributed by atoms with van der Waals surface area (Å²) in [6, 6.07) is 22.5. The van der Waals surface area contributed by atoms with Gasteiger partial charge in [0, 0.05) is 23.8 Å². The first-order chi connectivity index (χ1) is 21.2. The third-order valence-corrected chi connectivity index (χ3v) is 8.84. The van der Waals surface area contributed by atoms with Crippen molar-refractivity contribution in [3.63, 3.8) is 0 Å². The van der Waals surface area contributed by atoms with Gasteiger partial charge >= 0.3 is 6.09 Å². The summed E-state index contributed by atoms with van der Waals surface area (Å²) in [7, 11) is -2.43. The molecule has 0 heterocycles. The van der Waals surface area contributed by atoms with Gasteiger partial charge in [-0.25, -0.2) is 17.9 Å². The number of aliphatic hydroxyl groups excluding tert-OH is 1. The number of aliphatic hydroxyl groups is 1. The van der Waals surface area contributed by atoms with E-state index < -0.39 is 33.7 Å². The van der Waals surface area contributed by atoms with Gasteiger partial charge < -0.3 is 19.5 Å². The van der Waals surface area contributed by atoms with Gasteiger partial charge in [-0.1, -0.05) is 74.5 Å². The van der Waals surface area contributed by atoms with Crippen LogP contribution >= 0.6 is 11.8 Å². The topological polar surface area (TPSA) is 122 Å². The molecule has 3 rings (SSSR count). The summed E-state index contributed by atoms with van der Waals surface area (Å²) in [6.07, 6.45) is -0.791. The first-order valence-corrected chi connectivity index (χ1v) is 17.4. The van der Waals surface area contributed by atoms with Crippen molar-refractivity contribution in [1.29, 1.82) is 0 Å². The Balaban J connectivity index is 1.76. The highest BCUT2D eigenvalue weighted by Gasteiger charge is 2.25. The van der Waals surface area contributed by atoms with E-state index in [-0.39, 0.29) is 29.7 Å². The van der Waals surface area contributed by atoms with Gasteiger partial charge in [-0.3, -0.25) is 4.79 Å². The quantitative estimate of drug-likeness (QED) is 0.201. The highest BCUT2D eigenvalue weighted by molar-refractivity contribution is 8.00. The Morgan fingerprint density at radius 1 is 0.978 bits per heavy atom. The standard InChI is InChI=1S/C34H44N2O7S2/c1-24(2)44-31-22-28(16-17-29(31)32(38)35-45(40,41)21-20-42-6)26-14-12-25(13-15-26)18-19-36(33(39)43-34(3,4)5)23-30(37)27-10-8-7-9-11-27/h7-17,22,24,30,37H,18-21,23H2,1-6H3,(H,35,38)/t30-/m0/s1. The number of benzene rings is 3. The number of amides is 2. The number of nitrogens with one attached hydrogen (secondary N) is 1. The van der Waals surface area contributed by atoms with Crippen molar-refractivity contribution >= 4 is 33.8 Å². The second-order valence-corrected chi connectivity index (χ2v) is 15.4. The Morgan fingerprint density at radius 3 is 2.22 bits per heavy atom. The minimum absolute atomic E-state index is 0.0141. The smallest absolute Gasteiger partial charge is 0.410 e. The van der Waals surface area contributed by atoms with Crippen molar-refractivity contribution in [2.75, 3.05) is 32.6 Å². The van der Waals surface area contributed by atoms with Gasteiger partial charge in [0.25, 0.3) is 5.91 Å². The first kappa shape index (κ1) is 36.1. The van der Waals surface area contributed by atoms with Crippen LogP contribution in [0.3, 0.4) is 0 Å². The Hall–Kier alpha value is -3.38. The van der Waals surface area contributed by atoms with Crippen LogP contribution in [-0.4, -0.2) is 73.8 Å². The van der Waals surface area contributed by atoms with Crippen molar-refractivity contribution in [2.24, 2.45) is 0 Å². The molecule has 0 bridgehead atoms. The molecule has 0 spiro atoms. The lowest BCUT2D eigenvalue weighted by Crippen LogP contribution is -2.40. The number of ether oxygens (including phenoxy) is 2. The van der Waals surface area contributed by atoms with Crippen LogP contribution in [0.5, 0.6) is 0 Å². The summed E-state index contributed by atoms with van der Waals surface area (Å²) < 4.78 is 37.1. The number of carbonyl (C=O) groups is 2. The molecule has 11 heteroatoms. The molecule has 0 saturated heterocycles. The molecule has 3 aromatic rings. The lowest BCUT2D eigenvalue weighted by molar-refractivity contribution is 0.0147. The number of hydrogen-bond acceptors (Lipinski definition) is 8. The number of nitrogens with zero attached hydrogens (tertiary/aromatic N) is 1. The summed E-state index contributed by atoms with van der Waals surface area (Å²) in [5, 5.41) is 11.0. The van der Waals surface area contributed by atoms with E-state index in [4.69, 9.17) is 9.47 Å². The minimum Gasteiger partial charge on any atom is -0.444 e. The molecule has 2 N–H and O–H groups in total. The van der Waals surface area contributed by atoms with E-state index in [0.717, 1.165) is 22.3 Å². The zero-order valence-electron chi connectivity index (χ0n) is 26.8. The Morgan fingerprint density at radius 2 is 1.62 bits per heavy atom. The molecule has 0 saturated carbocycles. The summed E-state index contributed by atoms with van der Waals surface area (Å²) in [4.78, 5) is 28.1. The molecule has 2 amide bonds. The van der Waals surface area contributed by atoms with Crippen LogP contribution in [0.4, 0.5) is 4.79 Å². The fraction of sp³-hybridized carbons (Fsp3) is 0.412. The van der Waals surface area contributed by atoms with Crippen molar-refractivity contribution in [2.45, 2.75) is 62.9 Å². The maximum Gasteiger partial charge on any atom is 0.410 e. The van der Waals surface area contributed by atoms with Crippen LogP contribution in [0, 0.1) is 0 Å². The molecule has 0 aromatic heterocycles. The highest BCUT2D eigenvalue weighted by atomic mass is 32.2. The van der Waals surface area contributed by atoms with E-state index in [0.29, 0.717) is 17.9 Å². The highest BCUT2D eigenvalue weighted by Crippen LogP contribution is 2.32. The predicted octanol–water partition coefficient (Wildman–Crippen LogP) is 6.07. The molecular weight excluding hydrogens is 613 g/mol. The molecule has 244 valence electrons. The molecule has 0 aliphatic heterocycles. The van der Waals surface area contributed by atoms with E-state index >= 15 is 0 Å². The van der Waals surface area contributed by atoms with Crippen LogP contribution in [0.15, 0.2) is 77.7 Å². The second-order valence-electron chi connectivity index (χ2n) is 11.9. The molecule has 3 aromatic carbocycles. The average Bonchev–Trinajstić information content (AvgIpc) is 2.97. The average molecular weight is 657 g/mol. The zero-order valence-corrected chi connectivity index (χ0v) is 28.4. The monoisotopic (exact) mass is 656 g/mol. The number of sulfonamides is 1. The normalized spacial score (nSPS) is 12.5. The van der Waals surface area contributed by atoms with Crippen molar-refractivity contribution in [3.05, 3.63) is 89.5 Å². The zero-order chi connectivity index (χ0) is 33.2. The fourth-order valence-corrected chi connectivity index (χ4v) is 6.25. The van der Waals surface area contributed by atoms with Gasteiger partial charge in [-0.2, -0.15) is 0 Å². The lowest BCUT2D eigenvalue weighted by Gasteiger charge is -2.29. The number of methoxy groups -OCH3 is 1. The molecule has 0 aliphatic carbocycles. The van der Waals surface area contributed by atoms with Gasteiger partial charge in [0.05, 0.1) is 30.6 Å². The molecule has 1 atom stereocenters. The van der Waals surface area contributed by atoms with Gasteiger partial charge in [0.2, 0.25) is 10.0 Å². The SMILES string of the molecule is COCCS(=O)(=O)NC(=O)c1ccc(-c2ccc(CCN(C[C@H](O)c3ccccc3)C(=O)OC(C)(C)C)cc2)cc1SC(C)C. The third-order valence-electron chi connectivity index (χ3n) is 6.58. The van der Waals surface area contributed by atoms with E-state index in [1.807, 2.05) is 95.3 Å². The van der Waals surface area contributed by atoms with Gasteiger partial charge in [-0.05, 0) is 61.6 Å². The molecule has 9 nitrogen and oxygen atoms in total. The molecule has 0 fully saturated rings. The van der Waals surface area contributed by atoms with Crippen LogP contribution in [0.25, 0.3) is 11.1 Å². The number of rotatable bonds is 14. The Kier molecular flexibility index (Phi) is 13.0. The van der Waals surface area contributed by atoms with E-state index in [1.165, 1.54) is 23.8 Å². The number of thioether (sulfide) groups is 1. The second kappa shape index (κ2) is 16.3. The third kappa shape index (κ3) is 11.8.